The van der Waals surface area contributed by atoms with Gasteiger partial charge in [-0.25, -0.2) is 14.6 Å². The number of hydrogen-bond acceptors (Lipinski definition) is 6. The average molecular weight is 516 g/mol. The van der Waals surface area contributed by atoms with Crippen LogP contribution >= 0.6 is 31.9 Å². The lowest BCUT2D eigenvalue weighted by atomic mass is 10.1. The van der Waals surface area contributed by atoms with E-state index in [1.54, 1.807) is 26.0 Å². The van der Waals surface area contributed by atoms with Crippen molar-refractivity contribution in [3.8, 4) is 0 Å². The number of aliphatic imine (C=N–C) groups is 1. The van der Waals surface area contributed by atoms with E-state index in [9.17, 15) is 14.4 Å². The van der Waals surface area contributed by atoms with Gasteiger partial charge in [-0.3, -0.25) is 4.79 Å². The van der Waals surface area contributed by atoms with Crippen LogP contribution in [0, 0.1) is 0 Å². The fourth-order valence-corrected chi connectivity index (χ4v) is 3.47. The van der Waals surface area contributed by atoms with Gasteiger partial charge in [0.2, 0.25) is 0 Å². The van der Waals surface area contributed by atoms with Crippen LogP contribution in [0.1, 0.15) is 29.8 Å². The molecule has 1 aromatic carbocycles. The quantitative estimate of drug-likeness (QED) is 0.229. The second-order valence-electron chi connectivity index (χ2n) is 5.82. The van der Waals surface area contributed by atoms with E-state index in [1.807, 2.05) is 0 Å². The molecule has 0 atom stereocenters. The fourth-order valence-electron chi connectivity index (χ4n) is 2.66. The maximum absolute atomic E-state index is 13.0. The molecule has 0 N–H and O–H groups in total. The van der Waals surface area contributed by atoms with Crippen LogP contribution in [0.25, 0.3) is 0 Å². The van der Waals surface area contributed by atoms with Crippen molar-refractivity contribution in [2.45, 2.75) is 20.4 Å². The average Bonchev–Trinajstić information content (AvgIpc) is 2.99. The summed E-state index contributed by atoms with van der Waals surface area (Å²) >= 11 is 6.68. The zero-order chi connectivity index (χ0) is 20.8. The van der Waals surface area contributed by atoms with Crippen LogP contribution in [0.5, 0.6) is 0 Å². The van der Waals surface area contributed by atoms with Gasteiger partial charge in [-0.1, -0.05) is 38.4 Å². The molecule has 0 saturated carbocycles. The van der Waals surface area contributed by atoms with E-state index in [0.717, 1.165) is 10.0 Å². The summed E-state index contributed by atoms with van der Waals surface area (Å²) < 4.78 is 10.7. The molecule has 0 aromatic heterocycles. The highest BCUT2D eigenvalue weighted by molar-refractivity contribution is 9.10. The molecule has 1 aliphatic rings. The molecule has 150 valence electrons. The van der Waals surface area contributed by atoms with Crippen molar-refractivity contribution in [1.29, 1.82) is 0 Å². The van der Waals surface area contributed by atoms with Gasteiger partial charge in [-0.2, -0.15) is 0 Å². The zero-order valence-electron chi connectivity index (χ0n) is 15.6. The Kier molecular flexibility index (Phi) is 7.94. The number of halogens is 2. The number of nitrogens with zero attached hydrogens (tertiary/aromatic N) is 2. The predicted molar refractivity (Wildman–Crippen MR) is 112 cm³/mol. The summed E-state index contributed by atoms with van der Waals surface area (Å²) in [5.74, 6) is -1.38. The highest BCUT2D eigenvalue weighted by Crippen LogP contribution is 2.36. The van der Waals surface area contributed by atoms with Crippen LogP contribution in [0.4, 0.5) is 5.69 Å². The standard InChI is InChI=1S/C19H20Br2N2O5/c1-4-27-18(25)11(3)9-23-10-12-13(21)6-7-14(16(12)17(23)24)22-15(8-20)19(26)28-5-2/h6-7H,3-5,8-10H2,1-2H3/b22-15+. The summed E-state index contributed by atoms with van der Waals surface area (Å²) in [6.07, 6.45) is 0. The van der Waals surface area contributed by atoms with Crippen molar-refractivity contribution < 1.29 is 23.9 Å². The fraction of sp³-hybridized carbons (Fsp3) is 0.368. The zero-order valence-corrected chi connectivity index (χ0v) is 18.8. The largest absolute Gasteiger partial charge is 0.463 e. The van der Waals surface area contributed by atoms with E-state index < -0.39 is 11.9 Å². The number of rotatable bonds is 8. The maximum atomic E-state index is 13.0. The molecule has 1 amide bonds. The first kappa shape index (κ1) is 22.3. The third-order valence-corrected chi connectivity index (χ3v) is 5.20. The molecule has 0 saturated heterocycles. The van der Waals surface area contributed by atoms with E-state index in [0.29, 0.717) is 17.8 Å². The van der Waals surface area contributed by atoms with Gasteiger partial charge < -0.3 is 14.4 Å². The lowest BCUT2D eigenvalue weighted by molar-refractivity contribution is -0.138. The summed E-state index contributed by atoms with van der Waals surface area (Å²) in [7, 11) is 0. The number of hydrogen-bond donors (Lipinski definition) is 0. The van der Waals surface area contributed by atoms with Crippen LogP contribution in [0.3, 0.4) is 0 Å². The van der Waals surface area contributed by atoms with E-state index >= 15 is 0 Å². The smallest absolute Gasteiger partial charge is 0.353 e. The van der Waals surface area contributed by atoms with Crippen molar-refractivity contribution in [2.24, 2.45) is 4.99 Å². The topological polar surface area (TPSA) is 85.3 Å². The Balaban J connectivity index is 2.35. The molecule has 2 rings (SSSR count). The minimum atomic E-state index is -0.547. The van der Waals surface area contributed by atoms with Crippen LogP contribution in [0.15, 0.2) is 33.7 Å². The Bertz CT molecular complexity index is 851. The summed E-state index contributed by atoms with van der Waals surface area (Å²) in [5, 5.41) is 0.189. The minimum absolute atomic E-state index is 0.0467. The number of ether oxygens (including phenoxy) is 2. The molecule has 7 nitrogen and oxygen atoms in total. The number of carbonyl (C=O) groups is 3. The van der Waals surface area contributed by atoms with E-state index in [4.69, 9.17) is 9.47 Å². The monoisotopic (exact) mass is 514 g/mol. The van der Waals surface area contributed by atoms with E-state index in [2.05, 4.69) is 43.4 Å². The predicted octanol–water partition coefficient (Wildman–Crippen LogP) is 3.55. The third kappa shape index (κ3) is 4.88. The van der Waals surface area contributed by atoms with Gasteiger partial charge in [0.25, 0.3) is 5.91 Å². The molecule has 0 spiro atoms. The number of alkyl halides is 1. The van der Waals surface area contributed by atoms with E-state index in [-0.39, 0.29) is 42.3 Å². The molecule has 0 radical (unpaired) electrons. The Hall–Kier alpha value is -2.00. The number of benzene rings is 1. The molecule has 0 bridgehead atoms. The third-order valence-electron chi connectivity index (χ3n) is 3.92. The molecular formula is C19H20Br2N2O5. The first-order valence-electron chi connectivity index (χ1n) is 8.60. The van der Waals surface area contributed by atoms with Gasteiger partial charge in [0.1, 0.15) is 5.71 Å². The molecule has 0 unspecified atom stereocenters. The number of esters is 2. The summed E-state index contributed by atoms with van der Waals surface area (Å²) in [4.78, 5) is 42.6. The van der Waals surface area contributed by atoms with Crippen LogP contribution in [-0.2, 0) is 25.6 Å². The van der Waals surface area contributed by atoms with Crippen molar-refractivity contribution in [1.82, 2.24) is 4.90 Å². The number of carbonyl (C=O) groups excluding carboxylic acids is 3. The molecule has 1 aliphatic heterocycles. The molecular weight excluding hydrogens is 496 g/mol. The highest BCUT2D eigenvalue weighted by atomic mass is 79.9. The maximum Gasteiger partial charge on any atom is 0.353 e. The molecule has 28 heavy (non-hydrogen) atoms. The SMILES string of the molecule is C=C(CN1Cc2c(Br)ccc(/N=C(\CBr)C(=O)OCC)c2C1=O)C(=O)OCC. The highest BCUT2D eigenvalue weighted by Gasteiger charge is 2.33. The lowest BCUT2D eigenvalue weighted by Crippen LogP contribution is -2.28. The van der Waals surface area contributed by atoms with Crippen molar-refractivity contribution in [3.63, 3.8) is 0 Å². The summed E-state index contributed by atoms with van der Waals surface area (Å²) in [6.45, 7) is 7.92. The molecule has 0 aliphatic carbocycles. The Morgan fingerprint density at radius 2 is 1.86 bits per heavy atom. The van der Waals surface area contributed by atoms with Gasteiger partial charge in [0.15, 0.2) is 0 Å². The Labute approximate surface area is 180 Å². The Morgan fingerprint density at radius 1 is 1.21 bits per heavy atom. The second-order valence-corrected chi connectivity index (χ2v) is 7.23. The Morgan fingerprint density at radius 3 is 2.46 bits per heavy atom. The molecule has 0 fully saturated rings. The van der Waals surface area contributed by atoms with Crippen molar-refractivity contribution in [2.75, 3.05) is 25.1 Å². The summed E-state index contributed by atoms with van der Waals surface area (Å²) in [5.41, 5.74) is 1.84. The molecule has 9 heteroatoms. The van der Waals surface area contributed by atoms with Gasteiger partial charge in [0, 0.05) is 22.2 Å². The number of amides is 1. The van der Waals surface area contributed by atoms with Gasteiger partial charge in [0.05, 0.1) is 36.3 Å². The van der Waals surface area contributed by atoms with Crippen LogP contribution in [0.2, 0.25) is 0 Å². The van der Waals surface area contributed by atoms with E-state index in [1.165, 1.54) is 4.90 Å². The molecule has 1 heterocycles. The lowest BCUT2D eigenvalue weighted by Gasteiger charge is -2.16. The minimum Gasteiger partial charge on any atom is -0.463 e. The van der Waals surface area contributed by atoms with Gasteiger partial charge >= 0.3 is 11.9 Å². The molecule has 1 aromatic rings. The van der Waals surface area contributed by atoms with Crippen LogP contribution in [-0.4, -0.2) is 53.5 Å². The first-order chi connectivity index (χ1) is 13.3. The van der Waals surface area contributed by atoms with Crippen LogP contribution < -0.4 is 0 Å². The van der Waals surface area contributed by atoms with Crippen molar-refractivity contribution in [3.05, 3.63) is 39.9 Å². The van der Waals surface area contributed by atoms with Gasteiger partial charge in [-0.05, 0) is 26.0 Å². The second kappa shape index (κ2) is 9.97. The van der Waals surface area contributed by atoms with Gasteiger partial charge in [-0.15, -0.1) is 0 Å². The number of fused-ring (bicyclic) bond motifs is 1. The normalized spacial score (nSPS) is 13.4. The van der Waals surface area contributed by atoms with Crippen molar-refractivity contribution >= 4 is 61.1 Å². The summed E-state index contributed by atoms with van der Waals surface area (Å²) in [6, 6.07) is 3.43. The first-order valence-corrected chi connectivity index (χ1v) is 10.5.